The Morgan fingerprint density at radius 1 is 1.35 bits per heavy atom. The molecule has 0 aliphatic rings. The van der Waals surface area contributed by atoms with E-state index in [9.17, 15) is 4.79 Å². The second kappa shape index (κ2) is 6.78. The summed E-state index contributed by atoms with van der Waals surface area (Å²) in [6, 6.07) is 5.89. The molecule has 0 saturated carbocycles. The first kappa shape index (κ1) is 13.4. The minimum absolute atomic E-state index is 0.384. The molecule has 1 amide bonds. The average Bonchev–Trinajstić information content (AvgIpc) is 2.36. The van der Waals surface area contributed by atoms with Gasteiger partial charge in [-0.25, -0.2) is 4.79 Å². The molecule has 0 aliphatic heterocycles. The van der Waals surface area contributed by atoms with Crippen LogP contribution in [0.3, 0.4) is 0 Å². The van der Waals surface area contributed by atoms with E-state index in [2.05, 4.69) is 12.2 Å². The highest BCUT2D eigenvalue weighted by Crippen LogP contribution is 2.20. The standard InChI is InChI=1S/C13H19NO3/c1-4-11-8-10(6-7-12(11)16-3)9-14-13(15)17-5-2/h6-8H,4-5,9H2,1-3H3,(H,14,15). The Bertz CT molecular complexity index is 377. The molecule has 0 atom stereocenters. The molecule has 0 fully saturated rings. The van der Waals surface area contributed by atoms with E-state index in [0.717, 1.165) is 23.3 Å². The second-order valence-corrected chi connectivity index (χ2v) is 3.57. The summed E-state index contributed by atoms with van der Waals surface area (Å²) in [7, 11) is 1.66. The summed E-state index contributed by atoms with van der Waals surface area (Å²) in [5.41, 5.74) is 2.17. The molecule has 0 unspecified atom stereocenters. The Labute approximate surface area is 102 Å². The van der Waals surface area contributed by atoms with Crippen LogP contribution in [0.5, 0.6) is 5.75 Å². The van der Waals surface area contributed by atoms with Gasteiger partial charge in [0.05, 0.1) is 13.7 Å². The fourth-order valence-electron chi connectivity index (χ4n) is 1.57. The van der Waals surface area contributed by atoms with Crippen LogP contribution in [-0.2, 0) is 17.7 Å². The molecule has 0 aliphatic carbocycles. The van der Waals surface area contributed by atoms with Crippen LogP contribution in [0.15, 0.2) is 18.2 Å². The number of aryl methyl sites for hydroxylation is 1. The van der Waals surface area contributed by atoms with E-state index in [0.29, 0.717) is 13.2 Å². The molecular formula is C13H19NO3. The molecule has 17 heavy (non-hydrogen) atoms. The molecule has 4 heteroatoms. The van der Waals surface area contributed by atoms with E-state index in [1.165, 1.54) is 0 Å². The van der Waals surface area contributed by atoms with Gasteiger partial charge >= 0.3 is 6.09 Å². The van der Waals surface area contributed by atoms with Crippen LogP contribution in [-0.4, -0.2) is 19.8 Å². The van der Waals surface area contributed by atoms with Crippen molar-refractivity contribution in [1.82, 2.24) is 5.32 Å². The third kappa shape index (κ3) is 3.98. The van der Waals surface area contributed by atoms with E-state index in [4.69, 9.17) is 9.47 Å². The molecule has 0 spiro atoms. The Hall–Kier alpha value is -1.71. The van der Waals surface area contributed by atoms with Gasteiger partial charge in [-0.2, -0.15) is 0 Å². The fourth-order valence-corrected chi connectivity index (χ4v) is 1.57. The molecular weight excluding hydrogens is 218 g/mol. The molecule has 1 N–H and O–H groups in total. The number of ether oxygens (including phenoxy) is 2. The topological polar surface area (TPSA) is 47.6 Å². The van der Waals surface area contributed by atoms with Crippen molar-refractivity contribution in [3.63, 3.8) is 0 Å². The smallest absolute Gasteiger partial charge is 0.407 e. The number of benzene rings is 1. The van der Waals surface area contributed by atoms with Crippen LogP contribution in [0.1, 0.15) is 25.0 Å². The minimum Gasteiger partial charge on any atom is -0.496 e. The molecule has 1 rings (SSSR count). The van der Waals surface area contributed by atoms with Gasteiger partial charge in [0, 0.05) is 6.54 Å². The SMILES string of the molecule is CCOC(=O)NCc1ccc(OC)c(CC)c1. The average molecular weight is 237 g/mol. The van der Waals surface area contributed by atoms with Gasteiger partial charge in [-0.3, -0.25) is 0 Å². The van der Waals surface area contributed by atoms with Crippen molar-refractivity contribution in [2.75, 3.05) is 13.7 Å². The van der Waals surface area contributed by atoms with Crippen LogP contribution >= 0.6 is 0 Å². The molecule has 1 aromatic rings. The minimum atomic E-state index is -0.388. The summed E-state index contributed by atoms with van der Waals surface area (Å²) in [5, 5.41) is 2.69. The zero-order valence-electron chi connectivity index (χ0n) is 10.6. The normalized spacial score (nSPS) is 9.82. The summed E-state index contributed by atoms with van der Waals surface area (Å²) in [5.74, 6) is 0.882. The highest BCUT2D eigenvalue weighted by Gasteiger charge is 2.04. The molecule has 0 radical (unpaired) electrons. The number of hydrogen-bond acceptors (Lipinski definition) is 3. The molecule has 94 valence electrons. The number of methoxy groups -OCH3 is 1. The first-order chi connectivity index (χ1) is 8.21. The fraction of sp³-hybridized carbons (Fsp3) is 0.462. The van der Waals surface area contributed by atoms with Gasteiger partial charge in [0.25, 0.3) is 0 Å². The van der Waals surface area contributed by atoms with Crippen molar-refractivity contribution in [3.8, 4) is 5.75 Å². The van der Waals surface area contributed by atoms with E-state index >= 15 is 0 Å². The number of amides is 1. The molecule has 0 heterocycles. The van der Waals surface area contributed by atoms with Gasteiger partial charge in [0.15, 0.2) is 0 Å². The first-order valence-corrected chi connectivity index (χ1v) is 5.77. The van der Waals surface area contributed by atoms with Gasteiger partial charge in [0.1, 0.15) is 5.75 Å². The number of carbonyl (C=O) groups is 1. The summed E-state index contributed by atoms with van der Waals surface area (Å²) < 4.78 is 10.0. The van der Waals surface area contributed by atoms with Crippen molar-refractivity contribution >= 4 is 6.09 Å². The second-order valence-electron chi connectivity index (χ2n) is 3.57. The number of nitrogens with one attached hydrogen (secondary N) is 1. The lowest BCUT2D eigenvalue weighted by atomic mass is 10.1. The van der Waals surface area contributed by atoms with Crippen LogP contribution in [0.2, 0.25) is 0 Å². The van der Waals surface area contributed by atoms with Crippen molar-refractivity contribution in [1.29, 1.82) is 0 Å². The molecule has 1 aromatic carbocycles. The lowest BCUT2D eigenvalue weighted by Gasteiger charge is -2.10. The van der Waals surface area contributed by atoms with Gasteiger partial charge in [-0.15, -0.1) is 0 Å². The third-order valence-corrected chi connectivity index (χ3v) is 2.44. The summed E-state index contributed by atoms with van der Waals surface area (Å²) in [4.78, 5) is 11.1. The van der Waals surface area contributed by atoms with Crippen LogP contribution in [0.25, 0.3) is 0 Å². The number of alkyl carbamates (subject to hydrolysis) is 1. The van der Waals surface area contributed by atoms with E-state index in [1.807, 2.05) is 18.2 Å². The van der Waals surface area contributed by atoms with Gasteiger partial charge in [-0.05, 0) is 30.5 Å². The third-order valence-electron chi connectivity index (χ3n) is 2.44. The van der Waals surface area contributed by atoms with E-state index in [-0.39, 0.29) is 6.09 Å². The van der Waals surface area contributed by atoms with Crippen LogP contribution < -0.4 is 10.1 Å². The molecule has 0 bridgehead atoms. The Morgan fingerprint density at radius 2 is 2.12 bits per heavy atom. The summed E-state index contributed by atoms with van der Waals surface area (Å²) in [6.45, 7) is 4.70. The highest BCUT2D eigenvalue weighted by atomic mass is 16.5. The zero-order valence-corrected chi connectivity index (χ0v) is 10.6. The lowest BCUT2D eigenvalue weighted by molar-refractivity contribution is 0.151. The maximum atomic E-state index is 11.1. The Kier molecular flexibility index (Phi) is 5.33. The monoisotopic (exact) mass is 237 g/mol. The number of carbonyl (C=O) groups excluding carboxylic acids is 1. The van der Waals surface area contributed by atoms with E-state index in [1.54, 1.807) is 14.0 Å². The van der Waals surface area contributed by atoms with Crippen LogP contribution in [0, 0.1) is 0 Å². The summed E-state index contributed by atoms with van der Waals surface area (Å²) in [6.07, 6.45) is 0.512. The maximum Gasteiger partial charge on any atom is 0.407 e. The van der Waals surface area contributed by atoms with Crippen molar-refractivity contribution in [2.24, 2.45) is 0 Å². The quantitative estimate of drug-likeness (QED) is 0.856. The molecule has 0 saturated heterocycles. The highest BCUT2D eigenvalue weighted by molar-refractivity contribution is 5.67. The lowest BCUT2D eigenvalue weighted by Crippen LogP contribution is -2.23. The van der Waals surface area contributed by atoms with E-state index < -0.39 is 0 Å². The van der Waals surface area contributed by atoms with Gasteiger partial charge in [-0.1, -0.05) is 19.1 Å². The van der Waals surface area contributed by atoms with Gasteiger partial charge in [0.2, 0.25) is 0 Å². The first-order valence-electron chi connectivity index (χ1n) is 5.77. The van der Waals surface area contributed by atoms with Crippen LogP contribution in [0.4, 0.5) is 4.79 Å². The largest absolute Gasteiger partial charge is 0.496 e. The van der Waals surface area contributed by atoms with Gasteiger partial charge < -0.3 is 14.8 Å². The van der Waals surface area contributed by atoms with Crippen molar-refractivity contribution < 1.29 is 14.3 Å². The number of rotatable bonds is 5. The predicted molar refractivity (Wildman–Crippen MR) is 66.2 cm³/mol. The predicted octanol–water partition coefficient (Wildman–Crippen LogP) is 2.50. The Balaban J connectivity index is 2.63. The van der Waals surface area contributed by atoms with Crippen molar-refractivity contribution in [3.05, 3.63) is 29.3 Å². The Morgan fingerprint density at radius 3 is 2.71 bits per heavy atom. The summed E-state index contributed by atoms with van der Waals surface area (Å²) >= 11 is 0. The number of hydrogen-bond donors (Lipinski definition) is 1. The van der Waals surface area contributed by atoms with Crippen molar-refractivity contribution in [2.45, 2.75) is 26.8 Å². The maximum absolute atomic E-state index is 11.1. The zero-order chi connectivity index (χ0) is 12.7. The molecule has 4 nitrogen and oxygen atoms in total. The molecule has 0 aromatic heterocycles.